The third-order valence-corrected chi connectivity index (χ3v) is 4.80. The fourth-order valence-corrected chi connectivity index (χ4v) is 3.10. The van der Waals surface area contributed by atoms with E-state index in [0.29, 0.717) is 23.0 Å². The van der Waals surface area contributed by atoms with E-state index in [9.17, 15) is 9.59 Å². The maximum atomic E-state index is 12.6. The maximum Gasteiger partial charge on any atom is 0.354 e. The summed E-state index contributed by atoms with van der Waals surface area (Å²) in [6.45, 7) is 4.20. The van der Waals surface area contributed by atoms with Crippen LogP contribution in [0.3, 0.4) is 0 Å². The standard InChI is InChI=1S/C22H25N3O3/c1-14(2)16-10-19(24(3)12-16)21(26)23-18-8-6-15(7-9-18)17-11-20(22(27)28-5)25(4)13-17/h6-14H,1-5H3,(H,23,26). The number of rotatable bonds is 5. The van der Waals surface area contributed by atoms with Crippen LogP contribution in [0.5, 0.6) is 0 Å². The van der Waals surface area contributed by atoms with Gasteiger partial charge in [0.25, 0.3) is 5.91 Å². The number of carbonyl (C=O) groups excluding carboxylic acids is 2. The van der Waals surface area contributed by atoms with Crippen LogP contribution in [0.2, 0.25) is 0 Å². The molecule has 1 aromatic carbocycles. The van der Waals surface area contributed by atoms with Gasteiger partial charge in [0.15, 0.2) is 0 Å². The first kappa shape index (κ1) is 19.5. The molecule has 1 N–H and O–H groups in total. The number of benzene rings is 1. The van der Waals surface area contributed by atoms with E-state index in [1.165, 1.54) is 7.11 Å². The molecule has 0 aliphatic rings. The Morgan fingerprint density at radius 3 is 2.14 bits per heavy atom. The van der Waals surface area contributed by atoms with Crippen molar-refractivity contribution in [3.63, 3.8) is 0 Å². The Kier molecular flexibility index (Phi) is 5.40. The third kappa shape index (κ3) is 3.86. The summed E-state index contributed by atoms with van der Waals surface area (Å²) in [5, 5.41) is 2.93. The van der Waals surface area contributed by atoms with Crippen LogP contribution in [-0.2, 0) is 18.8 Å². The molecule has 0 aliphatic heterocycles. The van der Waals surface area contributed by atoms with Gasteiger partial charge in [-0.1, -0.05) is 26.0 Å². The quantitative estimate of drug-likeness (QED) is 0.676. The van der Waals surface area contributed by atoms with Crippen molar-refractivity contribution in [1.82, 2.24) is 9.13 Å². The fourth-order valence-electron chi connectivity index (χ4n) is 3.10. The van der Waals surface area contributed by atoms with Crippen molar-refractivity contribution in [2.24, 2.45) is 14.1 Å². The van der Waals surface area contributed by atoms with Gasteiger partial charge in [-0.3, -0.25) is 4.79 Å². The highest BCUT2D eigenvalue weighted by molar-refractivity contribution is 6.03. The van der Waals surface area contributed by atoms with E-state index >= 15 is 0 Å². The number of nitrogens with one attached hydrogen (secondary N) is 1. The van der Waals surface area contributed by atoms with E-state index < -0.39 is 0 Å². The van der Waals surface area contributed by atoms with Crippen LogP contribution in [-0.4, -0.2) is 28.1 Å². The van der Waals surface area contributed by atoms with Crippen molar-refractivity contribution in [1.29, 1.82) is 0 Å². The molecule has 0 bridgehead atoms. The molecule has 3 rings (SSSR count). The van der Waals surface area contributed by atoms with Gasteiger partial charge in [0.1, 0.15) is 11.4 Å². The molecule has 1 amide bonds. The topological polar surface area (TPSA) is 65.3 Å². The average Bonchev–Trinajstić information content (AvgIpc) is 3.25. The normalized spacial score (nSPS) is 10.9. The molecule has 0 radical (unpaired) electrons. The second-order valence-corrected chi connectivity index (χ2v) is 7.17. The molecule has 28 heavy (non-hydrogen) atoms. The zero-order chi connectivity index (χ0) is 20.4. The summed E-state index contributed by atoms with van der Waals surface area (Å²) in [5.41, 5.74) is 4.81. The molecule has 0 unspecified atom stereocenters. The van der Waals surface area contributed by atoms with E-state index in [-0.39, 0.29) is 11.9 Å². The highest BCUT2D eigenvalue weighted by Crippen LogP contribution is 2.24. The summed E-state index contributed by atoms with van der Waals surface area (Å²) in [5.74, 6) is -0.149. The third-order valence-electron chi connectivity index (χ3n) is 4.80. The Labute approximate surface area is 164 Å². The van der Waals surface area contributed by atoms with Crippen molar-refractivity contribution < 1.29 is 14.3 Å². The van der Waals surface area contributed by atoms with E-state index in [2.05, 4.69) is 19.2 Å². The zero-order valence-electron chi connectivity index (χ0n) is 16.8. The molecule has 0 atom stereocenters. The van der Waals surface area contributed by atoms with Crippen LogP contribution in [0, 0.1) is 0 Å². The number of hydrogen-bond donors (Lipinski definition) is 1. The van der Waals surface area contributed by atoms with E-state index in [1.807, 2.05) is 54.3 Å². The molecule has 146 valence electrons. The van der Waals surface area contributed by atoms with Gasteiger partial charge in [-0.15, -0.1) is 0 Å². The number of carbonyl (C=O) groups is 2. The molecular formula is C22H25N3O3. The van der Waals surface area contributed by atoms with Gasteiger partial charge in [0.05, 0.1) is 7.11 Å². The van der Waals surface area contributed by atoms with Crippen LogP contribution in [0.25, 0.3) is 11.1 Å². The SMILES string of the molecule is COC(=O)c1cc(-c2ccc(NC(=O)c3cc(C(C)C)cn3C)cc2)cn1C. The van der Waals surface area contributed by atoms with Crippen molar-refractivity contribution in [3.05, 3.63) is 65.7 Å². The molecule has 6 nitrogen and oxygen atoms in total. The Bertz CT molecular complexity index is 1010. The lowest BCUT2D eigenvalue weighted by molar-refractivity contribution is 0.0590. The molecule has 0 saturated heterocycles. The lowest BCUT2D eigenvalue weighted by Crippen LogP contribution is -2.15. The monoisotopic (exact) mass is 379 g/mol. The number of anilines is 1. The van der Waals surface area contributed by atoms with Crippen LogP contribution in [0.4, 0.5) is 5.69 Å². The predicted octanol–water partition coefficient (Wildman–Crippen LogP) is 4.19. The molecule has 0 fully saturated rings. The lowest BCUT2D eigenvalue weighted by atomic mass is 10.1. The highest BCUT2D eigenvalue weighted by atomic mass is 16.5. The molecule has 0 saturated carbocycles. The number of nitrogens with zero attached hydrogens (tertiary/aromatic N) is 2. The molecular weight excluding hydrogens is 354 g/mol. The van der Waals surface area contributed by atoms with Gasteiger partial charge in [-0.05, 0) is 41.3 Å². The summed E-state index contributed by atoms with van der Waals surface area (Å²) in [4.78, 5) is 24.4. The largest absolute Gasteiger partial charge is 0.464 e. The number of aryl methyl sites for hydroxylation is 2. The maximum absolute atomic E-state index is 12.6. The number of methoxy groups -OCH3 is 1. The number of aromatic nitrogens is 2. The number of ether oxygens (including phenoxy) is 1. The van der Waals surface area contributed by atoms with Crippen LogP contribution < -0.4 is 5.32 Å². The second kappa shape index (κ2) is 7.76. The van der Waals surface area contributed by atoms with Crippen LogP contribution in [0.1, 0.15) is 46.3 Å². The van der Waals surface area contributed by atoms with Crippen molar-refractivity contribution in [2.45, 2.75) is 19.8 Å². The van der Waals surface area contributed by atoms with E-state index in [4.69, 9.17) is 4.74 Å². The van der Waals surface area contributed by atoms with Crippen LogP contribution >= 0.6 is 0 Å². The number of esters is 1. The van der Waals surface area contributed by atoms with Crippen molar-refractivity contribution in [3.8, 4) is 11.1 Å². The smallest absolute Gasteiger partial charge is 0.354 e. The van der Waals surface area contributed by atoms with Crippen molar-refractivity contribution in [2.75, 3.05) is 12.4 Å². The van der Waals surface area contributed by atoms with Gasteiger partial charge in [-0.25, -0.2) is 4.79 Å². The Morgan fingerprint density at radius 1 is 0.929 bits per heavy atom. The van der Waals surface area contributed by atoms with Gasteiger partial charge in [0, 0.05) is 37.7 Å². The summed E-state index contributed by atoms with van der Waals surface area (Å²) in [6.07, 6.45) is 3.86. The molecule has 6 heteroatoms. The first-order chi connectivity index (χ1) is 13.3. The minimum atomic E-state index is -0.374. The minimum absolute atomic E-state index is 0.144. The highest BCUT2D eigenvalue weighted by Gasteiger charge is 2.15. The Morgan fingerprint density at radius 2 is 1.57 bits per heavy atom. The first-order valence-corrected chi connectivity index (χ1v) is 9.13. The van der Waals surface area contributed by atoms with E-state index in [1.54, 1.807) is 17.7 Å². The average molecular weight is 379 g/mol. The predicted molar refractivity (Wildman–Crippen MR) is 110 cm³/mol. The molecule has 2 aromatic heterocycles. The molecule has 3 aromatic rings. The first-order valence-electron chi connectivity index (χ1n) is 9.13. The Hall–Kier alpha value is -3.28. The summed E-state index contributed by atoms with van der Waals surface area (Å²) >= 11 is 0. The number of amides is 1. The van der Waals surface area contributed by atoms with Gasteiger partial charge in [0.2, 0.25) is 0 Å². The molecule has 0 spiro atoms. The van der Waals surface area contributed by atoms with Gasteiger partial charge < -0.3 is 19.2 Å². The van der Waals surface area contributed by atoms with Gasteiger partial charge >= 0.3 is 5.97 Å². The lowest BCUT2D eigenvalue weighted by Gasteiger charge is -2.07. The fraction of sp³-hybridized carbons (Fsp3) is 0.273. The summed E-state index contributed by atoms with van der Waals surface area (Å²) in [6, 6.07) is 11.2. The van der Waals surface area contributed by atoms with Crippen LogP contribution in [0.15, 0.2) is 48.8 Å². The van der Waals surface area contributed by atoms with Gasteiger partial charge in [-0.2, -0.15) is 0 Å². The number of hydrogen-bond acceptors (Lipinski definition) is 3. The zero-order valence-corrected chi connectivity index (χ0v) is 16.8. The van der Waals surface area contributed by atoms with E-state index in [0.717, 1.165) is 16.7 Å². The molecule has 0 aliphatic carbocycles. The summed E-state index contributed by atoms with van der Waals surface area (Å²) < 4.78 is 8.37. The Balaban J connectivity index is 1.76. The second-order valence-electron chi connectivity index (χ2n) is 7.17. The minimum Gasteiger partial charge on any atom is -0.464 e. The summed E-state index contributed by atoms with van der Waals surface area (Å²) in [7, 11) is 5.04. The van der Waals surface area contributed by atoms with Crippen molar-refractivity contribution >= 4 is 17.6 Å². The molecule has 2 heterocycles.